The molecule has 1 saturated carbocycles. The molecule has 1 heterocycles. The lowest BCUT2D eigenvalue weighted by Crippen LogP contribution is -2.15. The van der Waals surface area contributed by atoms with Gasteiger partial charge in [0, 0.05) is 17.1 Å². The van der Waals surface area contributed by atoms with E-state index in [1.54, 1.807) is 6.07 Å². The first-order valence-corrected chi connectivity index (χ1v) is 6.63. The van der Waals surface area contributed by atoms with Crippen molar-refractivity contribution in [1.29, 1.82) is 0 Å². The second kappa shape index (κ2) is 4.88. The van der Waals surface area contributed by atoms with Crippen molar-refractivity contribution in [1.82, 2.24) is 4.98 Å². The first-order valence-electron chi connectivity index (χ1n) is 6.63. The fourth-order valence-electron chi connectivity index (χ4n) is 2.69. The van der Waals surface area contributed by atoms with Crippen molar-refractivity contribution in [2.75, 3.05) is 5.32 Å². The van der Waals surface area contributed by atoms with E-state index in [9.17, 15) is 4.79 Å². The Bertz CT molecular complexity index is 619. The molecule has 0 amide bonds. The van der Waals surface area contributed by atoms with Gasteiger partial charge in [0.1, 0.15) is 0 Å². The standard InChI is InChI=1S/C15H16N2O2/c18-15(19)14-9-13(16-10-5-1-2-6-10)11-7-3-4-8-12(11)17-14/h3-4,7-10H,1-2,5-6H2,(H,16,17)(H,18,19). The van der Waals surface area contributed by atoms with Crippen molar-refractivity contribution in [3.05, 3.63) is 36.0 Å². The predicted molar refractivity (Wildman–Crippen MR) is 74.6 cm³/mol. The van der Waals surface area contributed by atoms with Crippen molar-refractivity contribution >= 4 is 22.6 Å². The number of hydrogen-bond acceptors (Lipinski definition) is 3. The monoisotopic (exact) mass is 256 g/mol. The van der Waals surface area contributed by atoms with Gasteiger partial charge >= 0.3 is 5.97 Å². The summed E-state index contributed by atoms with van der Waals surface area (Å²) in [6, 6.07) is 9.74. The number of nitrogens with one attached hydrogen (secondary N) is 1. The maximum absolute atomic E-state index is 11.1. The second-order valence-electron chi connectivity index (χ2n) is 5.00. The van der Waals surface area contributed by atoms with E-state index in [-0.39, 0.29) is 5.69 Å². The number of fused-ring (bicyclic) bond motifs is 1. The summed E-state index contributed by atoms with van der Waals surface area (Å²) in [7, 11) is 0. The molecule has 0 aliphatic heterocycles. The Morgan fingerprint density at radius 3 is 2.74 bits per heavy atom. The highest BCUT2D eigenvalue weighted by Crippen LogP contribution is 2.28. The highest BCUT2D eigenvalue weighted by atomic mass is 16.4. The highest BCUT2D eigenvalue weighted by Gasteiger charge is 2.17. The smallest absolute Gasteiger partial charge is 0.354 e. The summed E-state index contributed by atoms with van der Waals surface area (Å²) in [5.74, 6) is -0.986. The van der Waals surface area contributed by atoms with Crippen LogP contribution in [0.5, 0.6) is 0 Å². The lowest BCUT2D eigenvalue weighted by atomic mass is 10.1. The number of rotatable bonds is 3. The van der Waals surface area contributed by atoms with E-state index in [1.807, 2.05) is 24.3 Å². The molecule has 0 saturated heterocycles. The number of anilines is 1. The molecule has 2 N–H and O–H groups in total. The number of carboxylic acid groups (broad SMARTS) is 1. The number of para-hydroxylation sites is 1. The van der Waals surface area contributed by atoms with Crippen LogP contribution in [0.15, 0.2) is 30.3 Å². The van der Waals surface area contributed by atoms with Crippen molar-refractivity contribution in [2.45, 2.75) is 31.7 Å². The third-order valence-corrected chi connectivity index (χ3v) is 3.65. The molecule has 98 valence electrons. The van der Waals surface area contributed by atoms with Crippen LogP contribution in [-0.2, 0) is 0 Å². The fourth-order valence-corrected chi connectivity index (χ4v) is 2.69. The Labute approximate surface area is 111 Å². The molecule has 0 unspecified atom stereocenters. The number of aromatic carboxylic acids is 1. The number of carboxylic acids is 1. The Hall–Kier alpha value is -2.10. The molecule has 1 fully saturated rings. The maximum atomic E-state index is 11.1. The topological polar surface area (TPSA) is 62.2 Å². The zero-order valence-electron chi connectivity index (χ0n) is 10.6. The van der Waals surface area contributed by atoms with Crippen LogP contribution in [0.1, 0.15) is 36.2 Å². The third kappa shape index (κ3) is 2.38. The van der Waals surface area contributed by atoms with E-state index < -0.39 is 5.97 Å². The molecule has 4 nitrogen and oxygen atoms in total. The minimum absolute atomic E-state index is 0.0965. The van der Waals surface area contributed by atoms with Crippen LogP contribution in [-0.4, -0.2) is 22.1 Å². The molecule has 2 aromatic rings. The molecule has 19 heavy (non-hydrogen) atoms. The molecule has 0 bridgehead atoms. The van der Waals surface area contributed by atoms with Gasteiger partial charge in [-0.1, -0.05) is 31.0 Å². The lowest BCUT2D eigenvalue weighted by molar-refractivity contribution is 0.0691. The average Bonchev–Trinajstić information content (AvgIpc) is 2.91. The summed E-state index contributed by atoms with van der Waals surface area (Å²) in [4.78, 5) is 15.3. The van der Waals surface area contributed by atoms with Crippen LogP contribution < -0.4 is 5.32 Å². The summed E-state index contributed by atoms with van der Waals surface area (Å²) >= 11 is 0. The molecule has 1 aromatic carbocycles. The number of hydrogen-bond donors (Lipinski definition) is 2. The van der Waals surface area contributed by atoms with E-state index in [0.717, 1.165) is 29.4 Å². The Balaban J connectivity index is 2.06. The number of aromatic nitrogens is 1. The quantitative estimate of drug-likeness (QED) is 0.884. The van der Waals surface area contributed by atoms with Crippen LogP contribution >= 0.6 is 0 Å². The van der Waals surface area contributed by atoms with Gasteiger partial charge in [-0.2, -0.15) is 0 Å². The molecule has 4 heteroatoms. The number of benzene rings is 1. The molecule has 0 spiro atoms. The number of nitrogens with zero attached hydrogens (tertiary/aromatic N) is 1. The summed E-state index contributed by atoms with van der Waals surface area (Å²) < 4.78 is 0. The van der Waals surface area contributed by atoms with E-state index in [1.165, 1.54) is 12.8 Å². The van der Waals surface area contributed by atoms with Gasteiger partial charge in [0.25, 0.3) is 0 Å². The average molecular weight is 256 g/mol. The van der Waals surface area contributed by atoms with Gasteiger partial charge in [-0.05, 0) is 25.0 Å². The van der Waals surface area contributed by atoms with Gasteiger partial charge in [-0.15, -0.1) is 0 Å². The van der Waals surface area contributed by atoms with Crippen LogP contribution in [0.4, 0.5) is 5.69 Å². The van der Waals surface area contributed by atoms with Gasteiger partial charge in [0.15, 0.2) is 5.69 Å². The van der Waals surface area contributed by atoms with E-state index in [4.69, 9.17) is 5.11 Å². The molecule has 1 aliphatic carbocycles. The van der Waals surface area contributed by atoms with Crippen molar-refractivity contribution in [2.24, 2.45) is 0 Å². The largest absolute Gasteiger partial charge is 0.477 e. The third-order valence-electron chi connectivity index (χ3n) is 3.65. The first-order chi connectivity index (χ1) is 9.24. The van der Waals surface area contributed by atoms with Crippen molar-refractivity contribution < 1.29 is 9.90 Å². The normalized spacial score (nSPS) is 15.8. The Kier molecular flexibility index (Phi) is 3.07. The van der Waals surface area contributed by atoms with Gasteiger partial charge in [0.05, 0.1) is 5.52 Å². The zero-order valence-corrected chi connectivity index (χ0v) is 10.6. The molecule has 1 aromatic heterocycles. The van der Waals surface area contributed by atoms with Gasteiger partial charge < -0.3 is 10.4 Å². The van der Waals surface area contributed by atoms with Crippen LogP contribution in [0.25, 0.3) is 10.9 Å². The minimum atomic E-state index is -0.986. The Morgan fingerprint density at radius 2 is 2.00 bits per heavy atom. The van der Waals surface area contributed by atoms with Gasteiger partial charge in [0.2, 0.25) is 0 Å². The van der Waals surface area contributed by atoms with E-state index in [0.29, 0.717) is 6.04 Å². The fraction of sp³-hybridized carbons (Fsp3) is 0.333. The van der Waals surface area contributed by atoms with Crippen molar-refractivity contribution in [3.8, 4) is 0 Å². The van der Waals surface area contributed by atoms with Gasteiger partial charge in [-0.3, -0.25) is 0 Å². The van der Waals surface area contributed by atoms with E-state index >= 15 is 0 Å². The Morgan fingerprint density at radius 1 is 1.26 bits per heavy atom. The van der Waals surface area contributed by atoms with E-state index in [2.05, 4.69) is 10.3 Å². The SMILES string of the molecule is O=C(O)c1cc(NC2CCCC2)c2ccccc2n1. The van der Waals surface area contributed by atoms with Gasteiger partial charge in [-0.25, -0.2) is 9.78 Å². The highest BCUT2D eigenvalue weighted by molar-refractivity contribution is 5.97. The molecule has 1 aliphatic rings. The second-order valence-corrected chi connectivity index (χ2v) is 5.00. The molecular formula is C15H16N2O2. The first kappa shape index (κ1) is 12.0. The number of pyridine rings is 1. The number of carbonyl (C=O) groups is 1. The predicted octanol–water partition coefficient (Wildman–Crippen LogP) is 3.29. The summed E-state index contributed by atoms with van der Waals surface area (Å²) in [5, 5.41) is 13.6. The summed E-state index contributed by atoms with van der Waals surface area (Å²) in [5.41, 5.74) is 1.71. The molecular weight excluding hydrogens is 240 g/mol. The molecule has 3 rings (SSSR count). The minimum Gasteiger partial charge on any atom is -0.477 e. The zero-order chi connectivity index (χ0) is 13.2. The summed E-state index contributed by atoms with van der Waals surface area (Å²) in [6.45, 7) is 0. The van der Waals surface area contributed by atoms with Crippen LogP contribution in [0.3, 0.4) is 0 Å². The molecule has 0 radical (unpaired) electrons. The lowest BCUT2D eigenvalue weighted by Gasteiger charge is -2.16. The van der Waals surface area contributed by atoms with Crippen LogP contribution in [0.2, 0.25) is 0 Å². The molecule has 0 atom stereocenters. The summed E-state index contributed by atoms with van der Waals surface area (Å²) in [6.07, 6.45) is 4.79. The maximum Gasteiger partial charge on any atom is 0.354 e. The van der Waals surface area contributed by atoms with Crippen molar-refractivity contribution in [3.63, 3.8) is 0 Å². The van der Waals surface area contributed by atoms with Crippen LogP contribution in [0, 0.1) is 0 Å².